The Bertz CT molecular complexity index is 413. The van der Waals surface area contributed by atoms with Crippen molar-refractivity contribution in [1.82, 2.24) is 15.0 Å². The van der Waals surface area contributed by atoms with E-state index in [2.05, 4.69) is 15.0 Å². The molecule has 0 aliphatic rings. The zero-order valence-corrected chi connectivity index (χ0v) is 7.31. The number of halogens is 1. The van der Waals surface area contributed by atoms with Crippen molar-refractivity contribution < 1.29 is 4.39 Å². The number of hydrogen-bond acceptors (Lipinski definition) is 3. The van der Waals surface area contributed by atoms with E-state index in [0.29, 0.717) is 11.4 Å². The summed E-state index contributed by atoms with van der Waals surface area (Å²) in [6, 6.07) is 0.968. The lowest BCUT2D eigenvalue weighted by Gasteiger charge is -2.09. The van der Waals surface area contributed by atoms with Crippen molar-refractivity contribution in [2.75, 3.05) is 0 Å². The predicted octanol–water partition coefficient (Wildman–Crippen LogP) is 0.992. The van der Waals surface area contributed by atoms with Crippen molar-refractivity contribution in [2.45, 2.75) is 6.04 Å². The smallest absolute Gasteiger partial charge is 0.146 e. The van der Waals surface area contributed by atoms with Crippen LogP contribution in [-0.4, -0.2) is 15.0 Å². The van der Waals surface area contributed by atoms with Crippen molar-refractivity contribution in [3.8, 4) is 0 Å². The summed E-state index contributed by atoms with van der Waals surface area (Å²) in [4.78, 5) is 10.5. The van der Waals surface area contributed by atoms with Gasteiger partial charge in [0, 0.05) is 24.2 Å². The molecule has 0 bridgehead atoms. The highest BCUT2D eigenvalue weighted by Gasteiger charge is 2.14. The van der Waals surface area contributed by atoms with E-state index in [1.165, 1.54) is 6.20 Å². The molecule has 2 heterocycles. The molecule has 5 heteroatoms. The maximum Gasteiger partial charge on any atom is 0.146 e. The highest BCUT2D eigenvalue weighted by molar-refractivity contribution is 5.22. The molecule has 0 aromatic carbocycles. The summed E-state index contributed by atoms with van der Waals surface area (Å²) in [6.07, 6.45) is 5.86. The van der Waals surface area contributed by atoms with Crippen LogP contribution in [0.2, 0.25) is 0 Å². The van der Waals surface area contributed by atoms with Crippen LogP contribution in [0, 0.1) is 5.82 Å². The highest BCUT2D eigenvalue weighted by atomic mass is 19.1. The van der Waals surface area contributed by atoms with E-state index in [1.54, 1.807) is 18.5 Å². The molecular formula is C9H9FN4. The first-order valence-electron chi connectivity index (χ1n) is 4.13. The molecule has 0 fully saturated rings. The summed E-state index contributed by atoms with van der Waals surface area (Å²) >= 11 is 0. The number of imidazole rings is 1. The third-order valence-electron chi connectivity index (χ3n) is 1.95. The Kier molecular flexibility index (Phi) is 2.24. The number of nitrogens with zero attached hydrogens (tertiary/aromatic N) is 2. The number of pyridine rings is 1. The maximum atomic E-state index is 13.2. The zero-order chi connectivity index (χ0) is 9.97. The van der Waals surface area contributed by atoms with E-state index < -0.39 is 11.9 Å². The molecule has 1 atom stereocenters. The van der Waals surface area contributed by atoms with Gasteiger partial charge in [0.2, 0.25) is 0 Å². The molecule has 3 N–H and O–H groups in total. The van der Waals surface area contributed by atoms with Gasteiger partial charge in [-0.05, 0) is 6.07 Å². The quantitative estimate of drug-likeness (QED) is 0.745. The normalized spacial score (nSPS) is 12.7. The van der Waals surface area contributed by atoms with Crippen LogP contribution in [0.15, 0.2) is 30.9 Å². The molecule has 0 saturated carbocycles. The van der Waals surface area contributed by atoms with Gasteiger partial charge >= 0.3 is 0 Å². The van der Waals surface area contributed by atoms with Crippen LogP contribution in [0.4, 0.5) is 4.39 Å². The summed E-state index contributed by atoms with van der Waals surface area (Å²) in [5, 5.41) is 0. The Hall–Kier alpha value is -1.75. The average Bonchev–Trinajstić information content (AvgIpc) is 2.70. The molecular weight excluding hydrogens is 183 g/mol. The molecule has 1 unspecified atom stereocenters. The molecule has 2 aromatic heterocycles. The van der Waals surface area contributed by atoms with E-state index in [9.17, 15) is 4.39 Å². The lowest BCUT2D eigenvalue weighted by atomic mass is 10.1. The Morgan fingerprint density at radius 3 is 2.93 bits per heavy atom. The summed E-state index contributed by atoms with van der Waals surface area (Å²) in [7, 11) is 0. The van der Waals surface area contributed by atoms with E-state index in [4.69, 9.17) is 5.73 Å². The zero-order valence-electron chi connectivity index (χ0n) is 7.31. The van der Waals surface area contributed by atoms with Crippen LogP contribution < -0.4 is 5.73 Å². The van der Waals surface area contributed by atoms with Crippen molar-refractivity contribution in [3.05, 3.63) is 48.1 Å². The van der Waals surface area contributed by atoms with E-state index >= 15 is 0 Å². The number of nitrogens with two attached hydrogens (primary N) is 1. The first kappa shape index (κ1) is 8.83. The fourth-order valence-electron chi connectivity index (χ4n) is 1.23. The average molecular weight is 192 g/mol. The monoisotopic (exact) mass is 192 g/mol. The number of rotatable bonds is 2. The molecule has 0 spiro atoms. The molecule has 72 valence electrons. The third-order valence-corrected chi connectivity index (χ3v) is 1.95. The van der Waals surface area contributed by atoms with E-state index in [0.717, 1.165) is 6.20 Å². The minimum absolute atomic E-state index is 0.384. The van der Waals surface area contributed by atoms with Gasteiger partial charge in [-0.2, -0.15) is 0 Å². The first-order chi connectivity index (χ1) is 6.79. The number of aromatic nitrogens is 3. The van der Waals surface area contributed by atoms with Crippen LogP contribution in [0.3, 0.4) is 0 Å². The van der Waals surface area contributed by atoms with Crippen LogP contribution in [-0.2, 0) is 0 Å². The summed E-state index contributed by atoms with van der Waals surface area (Å²) in [5.74, 6) is 0.117. The van der Waals surface area contributed by atoms with Gasteiger partial charge in [0.1, 0.15) is 11.6 Å². The summed E-state index contributed by atoms with van der Waals surface area (Å²) < 4.78 is 13.2. The van der Waals surface area contributed by atoms with Crippen LogP contribution in [0.1, 0.15) is 17.4 Å². The Labute approximate surface area is 80.0 Å². The molecule has 0 radical (unpaired) electrons. The third kappa shape index (κ3) is 1.49. The van der Waals surface area contributed by atoms with Crippen molar-refractivity contribution in [2.24, 2.45) is 5.73 Å². The second kappa shape index (κ2) is 3.55. The van der Waals surface area contributed by atoms with Gasteiger partial charge in [-0.25, -0.2) is 9.37 Å². The summed E-state index contributed by atoms with van der Waals surface area (Å²) in [5.41, 5.74) is 6.18. The maximum absolute atomic E-state index is 13.2. The minimum atomic E-state index is -0.576. The fraction of sp³-hybridized carbons (Fsp3) is 0.111. The number of aromatic amines is 1. The Morgan fingerprint density at radius 2 is 2.29 bits per heavy atom. The fourth-order valence-corrected chi connectivity index (χ4v) is 1.23. The molecule has 2 aromatic rings. The van der Waals surface area contributed by atoms with Crippen molar-refractivity contribution in [3.63, 3.8) is 0 Å². The van der Waals surface area contributed by atoms with Crippen LogP contribution in [0.5, 0.6) is 0 Å². The highest BCUT2D eigenvalue weighted by Crippen LogP contribution is 2.17. The lowest BCUT2D eigenvalue weighted by Crippen LogP contribution is -2.15. The predicted molar refractivity (Wildman–Crippen MR) is 48.8 cm³/mol. The van der Waals surface area contributed by atoms with Crippen LogP contribution in [0.25, 0.3) is 0 Å². The molecule has 0 aliphatic heterocycles. The molecule has 2 rings (SSSR count). The Balaban J connectivity index is 2.37. The molecule has 0 amide bonds. The van der Waals surface area contributed by atoms with E-state index in [-0.39, 0.29) is 0 Å². The molecule has 14 heavy (non-hydrogen) atoms. The number of nitrogens with one attached hydrogen (secondary N) is 1. The Morgan fingerprint density at radius 1 is 1.43 bits per heavy atom. The topological polar surface area (TPSA) is 67.6 Å². The number of H-pyrrole nitrogens is 1. The SMILES string of the molecule is NC(c1ncc[nH]1)c1ccncc1F. The van der Waals surface area contributed by atoms with Gasteiger partial charge in [0.05, 0.1) is 12.2 Å². The van der Waals surface area contributed by atoms with Gasteiger partial charge in [-0.15, -0.1) is 0 Å². The molecule has 0 saturated heterocycles. The largest absolute Gasteiger partial charge is 0.347 e. The lowest BCUT2D eigenvalue weighted by molar-refractivity contribution is 0.588. The molecule has 0 aliphatic carbocycles. The van der Waals surface area contributed by atoms with Crippen LogP contribution >= 0.6 is 0 Å². The van der Waals surface area contributed by atoms with Gasteiger partial charge in [-0.3, -0.25) is 4.98 Å². The standard InChI is InChI=1S/C9H9FN4/c10-7-5-12-2-1-6(7)8(11)9-13-3-4-14-9/h1-5,8H,11H2,(H,13,14). The van der Waals surface area contributed by atoms with Gasteiger partial charge in [-0.1, -0.05) is 0 Å². The van der Waals surface area contributed by atoms with Crippen molar-refractivity contribution in [1.29, 1.82) is 0 Å². The second-order valence-electron chi connectivity index (χ2n) is 2.85. The second-order valence-corrected chi connectivity index (χ2v) is 2.85. The van der Waals surface area contributed by atoms with Gasteiger partial charge < -0.3 is 10.7 Å². The van der Waals surface area contributed by atoms with Crippen molar-refractivity contribution >= 4 is 0 Å². The first-order valence-corrected chi connectivity index (χ1v) is 4.13. The van der Waals surface area contributed by atoms with E-state index in [1.807, 2.05) is 0 Å². The minimum Gasteiger partial charge on any atom is -0.347 e. The molecule has 4 nitrogen and oxygen atoms in total. The van der Waals surface area contributed by atoms with Gasteiger partial charge in [0.15, 0.2) is 0 Å². The summed E-state index contributed by atoms with van der Waals surface area (Å²) in [6.45, 7) is 0. The number of hydrogen-bond donors (Lipinski definition) is 2. The van der Waals surface area contributed by atoms with Gasteiger partial charge in [0.25, 0.3) is 0 Å².